The summed E-state index contributed by atoms with van der Waals surface area (Å²) < 4.78 is 17.4. The van der Waals surface area contributed by atoms with Crippen molar-refractivity contribution in [3.63, 3.8) is 0 Å². The summed E-state index contributed by atoms with van der Waals surface area (Å²) in [4.78, 5) is 60.1. The van der Waals surface area contributed by atoms with Gasteiger partial charge in [-0.25, -0.2) is 23.7 Å². The third-order valence-electron chi connectivity index (χ3n) is 12.5. The van der Waals surface area contributed by atoms with Crippen molar-refractivity contribution < 1.29 is 9.18 Å². The van der Waals surface area contributed by atoms with Crippen molar-refractivity contribution in [2.24, 2.45) is 5.92 Å². The van der Waals surface area contributed by atoms with E-state index in [1.165, 1.54) is 72.2 Å². The Kier molecular flexibility index (Phi) is 10.6. The minimum Gasteiger partial charge on any atom is -0.300 e. The van der Waals surface area contributed by atoms with Crippen LogP contribution in [0.15, 0.2) is 101 Å². The van der Waals surface area contributed by atoms with E-state index in [0.717, 1.165) is 48.5 Å². The highest BCUT2D eigenvalue weighted by Crippen LogP contribution is 2.34. The van der Waals surface area contributed by atoms with Gasteiger partial charge in [-0.3, -0.25) is 24.0 Å². The molecule has 11 heteroatoms. The average Bonchev–Trinajstić information content (AvgIpc) is 3.25. The molecular weight excluding hydrogens is 718 g/mol. The van der Waals surface area contributed by atoms with Gasteiger partial charge in [0.25, 0.3) is 5.56 Å². The van der Waals surface area contributed by atoms with Crippen LogP contribution < -0.4 is 11.2 Å². The number of hydrogen-bond acceptors (Lipinski definition) is 8. The number of halogens is 1. The molecule has 0 atom stereocenters. The van der Waals surface area contributed by atoms with Crippen LogP contribution in [0.25, 0.3) is 38.9 Å². The normalized spacial score (nSPS) is 19.9. The number of carbonyl (C=O) groups excluding carboxylic acids is 1. The van der Waals surface area contributed by atoms with Gasteiger partial charge in [-0.1, -0.05) is 55.0 Å². The Morgan fingerprint density at radius 3 is 2.25 bits per heavy atom. The molecule has 2 saturated heterocycles. The van der Waals surface area contributed by atoms with Crippen LogP contribution in [0.5, 0.6) is 0 Å². The molecule has 10 nitrogen and oxygen atoms in total. The van der Waals surface area contributed by atoms with Crippen molar-refractivity contribution in [2.45, 2.75) is 82.8 Å². The second kappa shape index (κ2) is 16.2. The first-order chi connectivity index (χ1) is 27.9. The Hall–Kier alpha value is -5.39. The van der Waals surface area contributed by atoms with Crippen LogP contribution in [0.1, 0.15) is 86.3 Å². The fraction of sp³-hybridized carbons (Fsp3) is 0.391. The third-order valence-corrected chi connectivity index (χ3v) is 12.5. The summed E-state index contributed by atoms with van der Waals surface area (Å²) in [6.07, 6.45) is 11.8. The van der Waals surface area contributed by atoms with Gasteiger partial charge in [0.2, 0.25) is 0 Å². The molecule has 3 aromatic carbocycles. The van der Waals surface area contributed by atoms with E-state index in [4.69, 9.17) is 0 Å². The van der Waals surface area contributed by atoms with Crippen molar-refractivity contribution in [1.82, 2.24) is 33.9 Å². The maximum absolute atomic E-state index is 14.6. The van der Waals surface area contributed by atoms with E-state index < -0.39 is 23.1 Å². The quantitative estimate of drug-likeness (QED) is 0.138. The molecule has 0 spiro atoms. The number of nitrogens with zero attached hydrogens (tertiary/aromatic N) is 7. The van der Waals surface area contributed by atoms with E-state index in [2.05, 4.69) is 49.0 Å². The van der Waals surface area contributed by atoms with Gasteiger partial charge in [-0.05, 0) is 130 Å². The summed E-state index contributed by atoms with van der Waals surface area (Å²) in [6, 6.07) is 25.2. The van der Waals surface area contributed by atoms with E-state index in [1.807, 2.05) is 48.5 Å². The molecule has 1 saturated carbocycles. The molecular formula is C46H48FN7O3. The van der Waals surface area contributed by atoms with Gasteiger partial charge < -0.3 is 4.90 Å². The van der Waals surface area contributed by atoms with Gasteiger partial charge in [-0.2, -0.15) is 0 Å². The number of fused-ring (bicyclic) bond motifs is 2. The second-order valence-electron chi connectivity index (χ2n) is 16.2. The lowest BCUT2D eigenvalue weighted by Gasteiger charge is -2.40. The van der Waals surface area contributed by atoms with Gasteiger partial charge in [0, 0.05) is 25.0 Å². The smallest absolute Gasteiger partial charge is 0.300 e. The maximum Gasteiger partial charge on any atom is 0.337 e. The lowest BCUT2D eigenvalue weighted by molar-refractivity contribution is 0.0896. The van der Waals surface area contributed by atoms with Crippen LogP contribution in [0, 0.1) is 11.7 Å². The van der Waals surface area contributed by atoms with E-state index in [-0.39, 0.29) is 22.7 Å². The topological polar surface area (TPSA) is 106 Å². The zero-order chi connectivity index (χ0) is 38.9. The highest BCUT2D eigenvalue weighted by molar-refractivity contribution is 5.95. The van der Waals surface area contributed by atoms with Crippen molar-refractivity contribution in [3.05, 3.63) is 129 Å². The standard InChI is InChI=1S/C46H48FN7O3/c47-35-27-39-44(49-28-35)53(46(57)54(45(39)56)37-17-13-31(14-18-37)25-43(55)42-29-48-40-9-2-3-10-41(40)50-42)38-8-6-7-34(26-38)33-15-11-32(12-16-33)30-51-23-19-36(20-24-51)52-21-4-1-5-22-52/h2-3,6-12,15-16,26-29,31,36-37H,1,4-5,13-14,17-25,30H2. The van der Waals surface area contributed by atoms with Crippen molar-refractivity contribution in [2.75, 3.05) is 26.2 Å². The fourth-order valence-electron chi connectivity index (χ4n) is 9.41. The first-order valence-electron chi connectivity index (χ1n) is 20.6. The summed E-state index contributed by atoms with van der Waals surface area (Å²) in [5, 5.41) is 0.0523. The minimum absolute atomic E-state index is 0.0523. The van der Waals surface area contributed by atoms with Gasteiger partial charge >= 0.3 is 5.69 Å². The van der Waals surface area contributed by atoms with Gasteiger partial charge in [0.15, 0.2) is 11.4 Å². The number of carbonyl (C=O) groups is 1. The zero-order valence-electron chi connectivity index (χ0n) is 32.2. The number of ketones is 1. The predicted molar refractivity (Wildman–Crippen MR) is 220 cm³/mol. The lowest BCUT2D eigenvalue weighted by atomic mass is 9.82. The Morgan fingerprint density at radius 1 is 0.719 bits per heavy atom. The van der Waals surface area contributed by atoms with Crippen LogP contribution in [-0.2, 0) is 6.54 Å². The summed E-state index contributed by atoms with van der Waals surface area (Å²) in [7, 11) is 0. The van der Waals surface area contributed by atoms with Gasteiger partial charge in [0.1, 0.15) is 11.5 Å². The zero-order valence-corrected chi connectivity index (χ0v) is 32.2. The number of para-hydroxylation sites is 2. The van der Waals surface area contributed by atoms with Crippen LogP contribution >= 0.6 is 0 Å². The van der Waals surface area contributed by atoms with Crippen LogP contribution in [0.3, 0.4) is 0 Å². The van der Waals surface area contributed by atoms with Gasteiger partial charge in [-0.15, -0.1) is 0 Å². The SMILES string of the molecule is O=C(CC1CCC(n2c(=O)c3cc(F)cnc3n(-c3cccc(-c4ccc(CN5CCC(N6CCCCC6)CC5)cc4)c3)c2=O)CC1)c1cnc2ccccc2n1. The molecule has 9 rings (SSSR count). The molecule has 57 heavy (non-hydrogen) atoms. The lowest BCUT2D eigenvalue weighted by Crippen LogP contribution is -2.46. The van der Waals surface area contributed by atoms with Crippen molar-refractivity contribution >= 4 is 27.9 Å². The molecule has 0 bridgehead atoms. The fourth-order valence-corrected chi connectivity index (χ4v) is 9.41. The Balaban J connectivity index is 0.919. The number of hydrogen-bond donors (Lipinski definition) is 0. The Morgan fingerprint density at radius 2 is 1.47 bits per heavy atom. The first-order valence-corrected chi connectivity index (χ1v) is 20.6. The van der Waals surface area contributed by atoms with Crippen LogP contribution in [0.2, 0.25) is 0 Å². The molecule has 6 aromatic rings. The molecule has 3 fully saturated rings. The maximum atomic E-state index is 14.6. The minimum atomic E-state index is -0.643. The number of rotatable bonds is 9. The molecule has 0 amide bonds. The van der Waals surface area contributed by atoms with Gasteiger partial charge in [0.05, 0.1) is 34.5 Å². The molecule has 2 aliphatic heterocycles. The number of Topliss-reactive ketones (excluding diaryl/α,β-unsaturated/α-hetero) is 1. The second-order valence-corrected chi connectivity index (χ2v) is 16.2. The number of pyridine rings is 1. The number of benzene rings is 3. The summed E-state index contributed by atoms with van der Waals surface area (Å²) in [5.74, 6) is -0.629. The summed E-state index contributed by atoms with van der Waals surface area (Å²) in [5.41, 5.74) is 4.57. The molecule has 5 heterocycles. The molecule has 292 valence electrons. The Labute approximate surface area is 331 Å². The van der Waals surface area contributed by atoms with Crippen LogP contribution in [-0.4, -0.2) is 71.9 Å². The van der Waals surface area contributed by atoms with Crippen molar-refractivity contribution in [1.29, 1.82) is 0 Å². The molecule has 0 radical (unpaired) electrons. The molecule has 3 aromatic heterocycles. The molecule has 1 aliphatic carbocycles. The van der Waals surface area contributed by atoms with Crippen LogP contribution in [0.4, 0.5) is 4.39 Å². The molecule has 0 N–H and O–H groups in total. The van der Waals surface area contributed by atoms with E-state index in [9.17, 15) is 18.8 Å². The largest absolute Gasteiger partial charge is 0.337 e. The molecule has 3 aliphatic rings. The monoisotopic (exact) mass is 765 g/mol. The Bertz CT molecular complexity index is 2530. The summed E-state index contributed by atoms with van der Waals surface area (Å²) >= 11 is 0. The third kappa shape index (κ3) is 7.83. The highest BCUT2D eigenvalue weighted by atomic mass is 19.1. The van der Waals surface area contributed by atoms with E-state index >= 15 is 0 Å². The first kappa shape index (κ1) is 37.2. The molecule has 0 unspecified atom stereocenters. The number of likely N-dealkylation sites (tertiary alicyclic amines) is 2. The average molecular weight is 766 g/mol. The highest BCUT2D eigenvalue weighted by Gasteiger charge is 2.29. The number of piperidine rings is 2. The van der Waals surface area contributed by atoms with E-state index in [0.29, 0.717) is 49.0 Å². The van der Waals surface area contributed by atoms with E-state index in [1.54, 1.807) is 0 Å². The van der Waals surface area contributed by atoms with Crippen molar-refractivity contribution in [3.8, 4) is 16.8 Å². The number of aromatic nitrogens is 5. The summed E-state index contributed by atoms with van der Waals surface area (Å²) in [6.45, 7) is 5.68. The predicted octanol–water partition coefficient (Wildman–Crippen LogP) is 7.75.